The van der Waals surface area contributed by atoms with E-state index < -0.39 is 23.6 Å². The summed E-state index contributed by atoms with van der Waals surface area (Å²) in [5, 5.41) is 2.55. The van der Waals surface area contributed by atoms with Crippen molar-refractivity contribution >= 4 is 29.5 Å². The third kappa shape index (κ3) is 4.72. The van der Waals surface area contributed by atoms with Crippen LogP contribution in [-0.4, -0.2) is 78.0 Å². The Bertz CT molecular complexity index is 818. The number of carbonyl (C=O) groups excluding carboxylic acids is 4. The van der Waals surface area contributed by atoms with E-state index in [0.29, 0.717) is 26.2 Å². The van der Waals surface area contributed by atoms with Crippen molar-refractivity contribution in [1.29, 1.82) is 0 Å². The number of urea groups is 1. The van der Waals surface area contributed by atoms with Gasteiger partial charge < -0.3 is 19.9 Å². The summed E-state index contributed by atoms with van der Waals surface area (Å²) in [7, 11) is 0. The van der Waals surface area contributed by atoms with Gasteiger partial charge in [0, 0.05) is 38.4 Å². The van der Waals surface area contributed by atoms with Gasteiger partial charge in [0.2, 0.25) is 0 Å². The predicted molar refractivity (Wildman–Crippen MR) is 110 cm³/mol. The first kappa shape index (κ1) is 21.6. The molecule has 1 aromatic carbocycles. The number of piperazine rings is 1. The Kier molecular flexibility index (Phi) is 6.28. The number of imide groups is 1. The van der Waals surface area contributed by atoms with Crippen molar-refractivity contribution in [1.82, 2.24) is 15.1 Å². The molecule has 1 unspecified atom stereocenters. The fourth-order valence-corrected chi connectivity index (χ4v) is 3.61. The summed E-state index contributed by atoms with van der Waals surface area (Å²) < 4.78 is 5.25. The predicted octanol–water partition coefficient (Wildman–Crippen LogP) is 0.987. The minimum atomic E-state index is -0.980. The second kappa shape index (κ2) is 8.73. The van der Waals surface area contributed by atoms with Crippen molar-refractivity contribution in [3.8, 4) is 0 Å². The first-order valence-electron chi connectivity index (χ1n) is 10.1. The molecule has 4 amide bonds. The van der Waals surface area contributed by atoms with Crippen LogP contribution < -0.4 is 10.2 Å². The highest BCUT2D eigenvalue weighted by atomic mass is 16.5. The molecule has 0 saturated carbocycles. The maximum absolute atomic E-state index is 12.6. The van der Waals surface area contributed by atoms with E-state index in [4.69, 9.17) is 4.74 Å². The van der Waals surface area contributed by atoms with Gasteiger partial charge in [-0.05, 0) is 32.9 Å². The zero-order valence-corrected chi connectivity index (χ0v) is 17.6. The molecule has 3 rings (SSSR count). The number of hydrogen-bond acceptors (Lipinski definition) is 6. The normalized spacial score (nSPS) is 19.5. The molecular weight excluding hydrogens is 388 g/mol. The van der Waals surface area contributed by atoms with Crippen LogP contribution in [0.5, 0.6) is 0 Å². The SMILES string of the molecule is CC(OC(=O)CCN1C(=O)NC(C)(C)C1=O)C(=O)N1CCN(c2ccccc2)CC1. The first-order chi connectivity index (χ1) is 14.2. The highest BCUT2D eigenvalue weighted by molar-refractivity contribution is 6.06. The van der Waals surface area contributed by atoms with Crippen LogP contribution in [0.4, 0.5) is 10.5 Å². The molecule has 2 heterocycles. The minimum Gasteiger partial charge on any atom is -0.452 e. The Morgan fingerprint density at radius 3 is 2.30 bits per heavy atom. The molecule has 0 bridgehead atoms. The van der Waals surface area contributed by atoms with Crippen molar-refractivity contribution in [2.24, 2.45) is 0 Å². The molecular formula is C21H28N4O5. The van der Waals surface area contributed by atoms with Crippen LogP contribution in [0, 0.1) is 0 Å². The van der Waals surface area contributed by atoms with E-state index in [1.165, 1.54) is 0 Å². The van der Waals surface area contributed by atoms with Crippen LogP contribution in [-0.2, 0) is 19.1 Å². The molecule has 9 heteroatoms. The lowest BCUT2D eigenvalue weighted by Gasteiger charge is -2.37. The van der Waals surface area contributed by atoms with Crippen LogP contribution in [0.2, 0.25) is 0 Å². The number of carbonyl (C=O) groups is 4. The van der Waals surface area contributed by atoms with Gasteiger partial charge in [0.05, 0.1) is 6.42 Å². The Balaban J connectivity index is 1.44. The van der Waals surface area contributed by atoms with Gasteiger partial charge in [-0.15, -0.1) is 0 Å². The van der Waals surface area contributed by atoms with E-state index in [-0.39, 0.29) is 24.8 Å². The van der Waals surface area contributed by atoms with E-state index in [1.54, 1.807) is 25.7 Å². The Morgan fingerprint density at radius 2 is 1.73 bits per heavy atom. The highest BCUT2D eigenvalue weighted by Gasteiger charge is 2.44. The van der Waals surface area contributed by atoms with Gasteiger partial charge in [-0.25, -0.2) is 4.79 Å². The van der Waals surface area contributed by atoms with Crippen LogP contribution >= 0.6 is 0 Å². The standard InChI is InChI=1S/C21H28N4O5/c1-15(30-17(26)9-10-25-19(28)21(2,3)22-20(25)29)18(27)24-13-11-23(12-14-24)16-7-5-4-6-8-16/h4-8,15H,9-14H2,1-3H3,(H,22,29). The maximum Gasteiger partial charge on any atom is 0.325 e. The van der Waals surface area contributed by atoms with E-state index in [2.05, 4.69) is 10.2 Å². The third-order valence-electron chi connectivity index (χ3n) is 5.35. The lowest BCUT2D eigenvalue weighted by Crippen LogP contribution is -2.51. The number of anilines is 1. The third-order valence-corrected chi connectivity index (χ3v) is 5.35. The summed E-state index contributed by atoms with van der Waals surface area (Å²) in [6.07, 6.45) is -1.07. The number of benzene rings is 1. The number of amides is 4. The second-order valence-corrected chi connectivity index (χ2v) is 8.04. The fourth-order valence-electron chi connectivity index (χ4n) is 3.61. The molecule has 162 valence electrons. The molecule has 0 spiro atoms. The van der Waals surface area contributed by atoms with Crippen molar-refractivity contribution in [2.75, 3.05) is 37.6 Å². The summed E-state index contributed by atoms with van der Waals surface area (Å²) in [6.45, 7) is 7.18. The van der Waals surface area contributed by atoms with Crippen molar-refractivity contribution in [3.63, 3.8) is 0 Å². The maximum atomic E-state index is 12.6. The molecule has 2 aliphatic heterocycles. The van der Waals surface area contributed by atoms with E-state index >= 15 is 0 Å². The van der Waals surface area contributed by atoms with Crippen LogP contribution in [0.25, 0.3) is 0 Å². The molecule has 1 atom stereocenters. The fraction of sp³-hybridized carbons (Fsp3) is 0.524. The Labute approximate surface area is 175 Å². The van der Waals surface area contributed by atoms with Gasteiger partial charge in [0.25, 0.3) is 11.8 Å². The second-order valence-electron chi connectivity index (χ2n) is 8.04. The first-order valence-corrected chi connectivity index (χ1v) is 10.1. The highest BCUT2D eigenvalue weighted by Crippen LogP contribution is 2.18. The number of para-hydroxylation sites is 1. The molecule has 9 nitrogen and oxygen atoms in total. The molecule has 30 heavy (non-hydrogen) atoms. The van der Waals surface area contributed by atoms with Gasteiger partial charge in [0.1, 0.15) is 5.54 Å². The number of hydrogen-bond donors (Lipinski definition) is 1. The summed E-state index contributed by atoms with van der Waals surface area (Å²) in [5.74, 6) is -1.25. The summed E-state index contributed by atoms with van der Waals surface area (Å²) >= 11 is 0. The quantitative estimate of drug-likeness (QED) is 0.548. The molecule has 2 saturated heterocycles. The number of rotatable bonds is 6. The summed E-state index contributed by atoms with van der Waals surface area (Å²) in [6, 6.07) is 9.47. The molecule has 0 aliphatic carbocycles. The average molecular weight is 416 g/mol. The van der Waals surface area contributed by atoms with Gasteiger partial charge in [-0.2, -0.15) is 0 Å². The molecule has 0 aromatic heterocycles. The molecule has 1 N–H and O–H groups in total. The van der Waals surface area contributed by atoms with E-state index in [1.807, 2.05) is 30.3 Å². The van der Waals surface area contributed by atoms with Crippen molar-refractivity contribution < 1.29 is 23.9 Å². The number of nitrogens with one attached hydrogen (secondary N) is 1. The minimum absolute atomic E-state index is 0.0798. The molecule has 0 radical (unpaired) electrons. The van der Waals surface area contributed by atoms with E-state index in [0.717, 1.165) is 10.6 Å². The largest absolute Gasteiger partial charge is 0.452 e. The zero-order chi connectivity index (χ0) is 21.9. The molecule has 1 aromatic rings. The average Bonchev–Trinajstić information content (AvgIpc) is 2.93. The monoisotopic (exact) mass is 416 g/mol. The smallest absolute Gasteiger partial charge is 0.325 e. The number of nitrogens with zero attached hydrogens (tertiary/aromatic N) is 3. The van der Waals surface area contributed by atoms with Gasteiger partial charge in [-0.1, -0.05) is 18.2 Å². The van der Waals surface area contributed by atoms with Crippen LogP contribution in [0.3, 0.4) is 0 Å². The molecule has 2 aliphatic rings. The number of esters is 1. The van der Waals surface area contributed by atoms with Crippen LogP contribution in [0.15, 0.2) is 30.3 Å². The van der Waals surface area contributed by atoms with Crippen LogP contribution in [0.1, 0.15) is 27.2 Å². The van der Waals surface area contributed by atoms with Gasteiger partial charge >= 0.3 is 12.0 Å². The Morgan fingerprint density at radius 1 is 1.10 bits per heavy atom. The lowest BCUT2D eigenvalue weighted by molar-refractivity contribution is -0.159. The summed E-state index contributed by atoms with van der Waals surface area (Å²) in [4.78, 5) is 53.7. The zero-order valence-electron chi connectivity index (χ0n) is 17.6. The molecule has 2 fully saturated rings. The lowest BCUT2D eigenvalue weighted by atomic mass is 10.1. The van der Waals surface area contributed by atoms with Gasteiger partial charge in [0.15, 0.2) is 6.10 Å². The number of ether oxygens (including phenoxy) is 1. The topological polar surface area (TPSA) is 99.3 Å². The Hall–Kier alpha value is -3.10. The van der Waals surface area contributed by atoms with E-state index in [9.17, 15) is 19.2 Å². The van der Waals surface area contributed by atoms with Gasteiger partial charge in [-0.3, -0.25) is 19.3 Å². The summed E-state index contributed by atoms with van der Waals surface area (Å²) in [5.41, 5.74) is 0.138. The van der Waals surface area contributed by atoms with Crippen molar-refractivity contribution in [3.05, 3.63) is 30.3 Å². The van der Waals surface area contributed by atoms with Crippen molar-refractivity contribution in [2.45, 2.75) is 38.8 Å².